The largest absolute Gasteiger partial charge is 0.481 e. The number of anilines is 1. The first-order valence-electron chi connectivity index (χ1n) is 7.63. The Kier molecular flexibility index (Phi) is 4.74. The smallest absolute Gasteiger partial charge is 0.265 e. The van der Waals surface area contributed by atoms with Gasteiger partial charge in [-0.15, -0.1) is 10.2 Å². The summed E-state index contributed by atoms with van der Waals surface area (Å²) in [6, 6.07) is 11.4. The summed E-state index contributed by atoms with van der Waals surface area (Å²) in [5.74, 6) is 0.173. The normalized spacial score (nSPS) is 11.8. The second-order valence-corrected chi connectivity index (χ2v) is 5.48. The Labute approximate surface area is 143 Å². The van der Waals surface area contributed by atoms with E-state index >= 15 is 0 Å². The number of ether oxygens (including phenoxy) is 1. The zero-order chi connectivity index (χ0) is 17.8. The monoisotopic (exact) mass is 341 g/mol. The summed E-state index contributed by atoms with van der Waals surface area (Å²) in [6.45, 7) is 3.27. The van der Waals surface area contributed by atoms with Crippen molar-refractivity contribution in [1.29, 1.82) is 0 Å². The van der Waals surface area contributed by atoms with Crippen LogP contribution >= 0.6 is 0 Å². The number of hydrogen-bond donors (Lipinski definition) is 1. The fraction of sp³-hybridized carbons (Fsp3) is 0.167. The van der Waals surface area contributed by atoms with Gasteiger partial charge < -0.3 is 14.5 Å². The summed E-state index contributed by atoms with van der Waals surface area (Å²) in [6.07, 6.45) is 0.499. The molecule has 0 spiro atoms. The van der Waals surface area contributed by atoms with Crippen molar-refractivity contribution in [2.24, 2.45) is 0 Å². The van der Waals surface area contributed by atoms with Gasteiger partial charge in [-0.1, -0.05) is 6.07 Å². The van der Waals surface area contributed by atoms with E-state index < -0.39 is 6.10 Å². The van der Waals surface area contributed by atoms with Crippen molar-refractivity contribution in [3.63, 3.8) is 0 Å². The number of hydrogen-bond acceptors (Lipinski definition) is 5. The summed E-state index contributed by atoms with van der Waals surface area (Å²) in [5.41, 5.74) is 1.65. The number of aryl methyl sites for hydroxylation is 1. The molecule has 1 atom stereocenters. The van der Waals surface area contributed by atoms with Gasteiger partial charge in [-0.25, -0.2) is 4.39 Å². The molecule has 3 aromatic rings. The number of halogens is 1. The van der Waals surface area contributed by atoms with Crippen LogP contribution in [-0.4, -0.2) is 22.2 Å². The topological polar surface area (TPSA) is 77.2 Å². The van der Waals surface area contributed by atoms with Crippen LogP contribution in [-0.2, 0) is 4.79 Å². The Morgan fingerprint density at radius 3 is 2.64 bits per heavy atom. The molecular weight excluding hydrogens is 325 g/mol. The Hall–Kier alpha value is -3.22. The first-order valence-corrected chi connectivity index (χ1v) is 7.63. The molecule has 0 aliphatic carbocycles. The number of nitrogens with zero attached hydrogens (tertiary/aromatic N) is 2. The van der Waals surface area contributed by atoms with E-state index in [1.54, 1.807) is 50.2 Å². The van der Waals surface area contributed by atoms with Gasteiger partial charge in [0.05, 0.1) is 0 Å². The second kappa shape index (κ2) is 7.12. The minimum Gasteiger partial charge on any atom is -0.481 e. The molecule has 0 aliphatic rings. The van der Waals surface area contributed by atoms with Gasteiger partial charge >= 0.3 is 0 Å². The minimum absolute atomic E-state index is 0.371. The molecule has 1 N–H and O–H groups in total. The van der Waals surface area contributed by atoms with Crippen LogP contribution in [0.4, 0.5) is 10.1 Å². The van der Waals surface area contributed by atoms with E-state index in [1.165, 1.54) is 12.5 Å². The average Bonchev–Trinajstić information content (AvgIpc) is 3.13. The molecule has 1 amide bonds. The van der Waals surface area contributed by atoms with Crippen LogP contribution in [0, 0.1) is 12.7 Å². The summed E-state index contributed by atoms with van der Waals surface area (Å²) in [4.78, 5) is 12.2. The predicted octanol–water partition coefficient (Wildman–Crippen LogP) is 3.59. The van der Waals surface area contributed by atoms with E-state index in [4.69, 9.17) is 9.15 Å². The van der Waals surface area contributed by atoms with Gasteiger partial charge in [0.2, 0.25) is 12.3 Å². The fourth-order valence-electron chi connectivity index (χ4n) is 2.15. The zero-order valence-electron chi connectivity index (χ0n) is 13.7. The van der Waals surface area contributed by atoms with Gasteiger partial charge in [0.25, 0.3) is 5.91 Å². The molecule has 2 aromatic carbocycles. The van der Waals surface area contributed by atoms with Gasteiger partial charge in [-0.3, -0.25) is 4.79 Å². The molecule has 0 saturated carbocycles. The van der Waals surface area contributed by atoms with Crippen molar-refractivity contribution in [3.05, 3.63) is 60.2 Å². The maximum Gasteiger partial charge on any atom is 0.265 e. The van der Waals surface area contributed by atoms with E-state index in [2.05, 4.69) is 15.5 Å². The van der Waals surface area contributed by atoms with Crippen LogP contribution in [0.1, 0.15) is 12.5 Å². The van der Waals surface area contributed by atoms with Crippen LogP contribution in [0.5, 0.6) is 5.75 Å². The number of carbonyl (C=O) groups is 1. The van der Waals surface area contributed by atoms with Crippen LogP contribution in [0.2, 0.25) is 0 Å². The number of carbonyl (C=O) groups excluding carboxylic acids is 1. The maximum atomic E-state index is 13.5. The SMILES string of the molecule is Cc1ccc(NC(=O)[C@@H](C)Oc2ccc(-c3nnco3)cc2)cc1F. The summed E-state index contributed by atoms with van der Waals surface area (Å²) in [5, 5.41) is 10.1. The first kappa shape index (κ1) is 16.6. The quantitative estimate of drug-likeness (QED) is 0.767. The van der Waals surface area contributed by atoms with Crippen LogP contribution in [0.15, 0.2) is 53.3 Å². The molecular formula is C18H16FN3O3. The van der Waals surface area contributed by atoms with Crippen LogP contribution in [0.3, 0.4) is 0 Å². The van der Waals surface area contributed by atoms with E-state index in [0.717, 1.165) is 5.56 Å². The Morgan fingerprint density at radius 2 is 2.00 bits per heavy atom. The van der Waals surface area contributed by atoms with E-state index in [-0.39, 0.29) is 11.7 Å². The minimum atomic E-state index is -0.751. The summed E-state index contributed by atoms with van der Waals surface area (Å²) in [7, 11) is 0. The number of benzene rings is 2. The van der Waals surface area contributed by atoms with E-state index in [0.29, 0.717) is 22.9 Å². The molecule has 128 valence electrons. The lowest BCUT2D eigenvalue weighted by Crippen LogP contribution is -2.30. The highest BCUT2D eigenvalue weighted by molar-refractivity contribution is 5.94. The highest BCUT2D eigenvalue weighted by atomic mass is 19.1. The summed E-state index contributed by atoms with van der Waals surface area (Å²) >= 11 is 0. The van der Waals surface area contributed by atoms with Crippen molar-refractivity contribution >= 4 is 11.6 Å². The lowest BCUT2D eigenvalue weighted by Gasteiger charge is -2.15. The van der Waals surface area contributed by atoms with Gasteiger partial charge in [0, 0.05) is 11.3 Å². The maximum absolute atomic E-state index is 13.5. The molecule has 1 aromatic heterocycles. The van der Waals surface area contributed by atoms with E-state index in [9.17, 15) is 9.18 Å². The number of aromatic nitrogens is 2. The van der Waals surface area contributed by atoms with Crippen molar-refractivity contribution in [3.8, 4) is 17.2 Å². The fourth-order valence-corrected chi connectivity index (χ4v) is 2.15. The zero-order valence-corrected chi connectivity index (χ0v) is 13.7. The highest BCUT2D eigenvalue weighted by Crippen LogP contribution is 2.21. The molecule has 3 rings (SSSR count). The van der Waals surface area contributed by atoms with Crippen LogP contribution < -0.4 is 10.1 Å². The third-order valence-electron chi connectivity index (χ3n) is 3.58. The second-order valence-electron chi connectivity index (χ2n) is 5.48. The van der Waals surface area contributed by atoms with Crippen molar-refractivity contribution in [2.75, 3.05) is 5.32 Å². The molecule has 6 nitrogen and oxygen atoms in total. The molecule has 0 aliphatic heterocycles. The Balaban J connectivity index is 1.62. The molecule has 25 heavy (non-hydrogen) atoms. The van der Waals surface area contributed by atoms with Crippen molar-refractivity contribution < 1.29 is 18.3 Å². The van der Waals surface area contributed by atoms with Gasteiger partial charge in [-0.05, 0) is 55.8 Å². The highest BCUT2D eigenvalue weighted by Gasteiger charge is 2.15. The Morgan fingerprint density at radius 1 is 1.24 bits per heavy atom. The van der Waals surface area contributed by atoms with Gasteiger partial charge in [0.1, 0.15) is 11.6 Å². The van der Waals surface area contributed by atoms with Crippen LogP contribution in [0.25, 0.3) is 11.5 Å². The molecule has 0 bridgehead atoms. The third kappa shape index (κ3) is 4.00. The third-order valence-corrected chi connectivity index (χ3v) is 3.58. The molecule has 1 heterocycles. The van der Waals surface area contributed by atoms with Crippen molar-refractivity contribution in [1.82, 2.24) is 10.2 Å². The molecule has 0 fully saturated rings. The Bertz CT molecular complexity index is 864. The lowest BCUT2D eigenvalue weighted by molar-refractivity contribution is -0.122. The number of nitrogens with one attached hydrogen (secondary N) is 1. The molecule has 0 unspecified atom stereocenters. The van der Waals surface area contributed by atoms with E-state index in [1.807, 2.05) is 0 Å². The molecule has 0 saturated heterocycles. The standard InChI is InChI=1S/C18H16FN3O3/c1-11-3-6-14(9-16(11)19)21-17(23)12(2)25-15-7-4-13(5-8-15)18-22-20-10-24-18/h3-10,12H,1-2H3,(H,21,23)/t12-/m1/s1. The van der Waals surface area contributed by atoms with Gasteiger partial charge in [-0.2, -0.15) is 0 Å². The predicted molar refractivity (Wildman–Crippen MR) is 89.6 cm³/mol. The average molecular weight is 341 g/mol. The van der Waals surface area contributed by atoms with Crippen molar-refractivity contribution in [2.45, 2.75) is 20.0 Å². The lowest BCUT2D eigenvalue weighted by atomic mass is 10.2. The molecule has 7 heteroatoms. The first-order chi connectivity index (χ1) is 12.0. The van der Waals surface area contributed by atoms with Gasteiger partial charge in [0.15, 0.2) is 6.10 Å². The number of amides is 1. The summed E-state index contributed by atoms with van der Waals surface area (Å²) < 4.78 is 24.2. The number of rotatable bonds is 5. The molecule has 0 radical (unpaired) electrons.